The van der Waals surface area contributed by atoms with Gasteiger partial charge in [0, 0.05) is 16.3 Å². The zero-order chi connectivity index (χ0) is 18.1. The van der Waals surface area contributed by atoms with E-state index in [4.69, 9.17) is 0 Å². The van der Waals surface area contributed by atoms with Crippen LogP contribution < -0.4 is 16.0 Å². The Morgan fingerprint density at radius 1 is 1.08 bits per heavy atom. The van der Waals surface area contributed by atoms with Crippen LogP contribution in [0.2, 0.25) is 0 Å². The SMILES string of the molecule is FC(F)(F)c1cc(NCC2CCNCC2)c2c(c1)Sc1ccccc1N2. The maximum Gasteiger partial charge on any atom is 0.416 e. The van der Waals surface area contributed by atoms with Crippen molar-refractivity contribution < 1.29 is 13.2 Å². The summed E-state index contributed by atoms with van der Waals surface area (Å²) in [5.74, 6) is 0.477. The lowest BCUT2D eigenvalue weighted by molar-refractivity contribution is -0.137. The van der Waals surface area contributed by atoms with Crippen LogP contribution in [0.25, 0.3) is 0 Å². The van der Waals surface area contributed by atoms with Crippen LogP contribution in [0.4, 0.5) is 30.2 Å². The van der Waals surface area contributed by atoms with E-state index in [1.807, 2.05) is 24.3 Å². The van der Waals surface area contributed by atoms with E-state index in [1.54, 1.807) is 0 Å². The van der Waals surface area contributed by atoms with Gasteiger partial charge < -0.3 is 16.0 Å². The number of piperidine rings is 1. The van der Waals surface area contributed by atoms with E-state index in [-0.39, 0.29) is 0 Å². The molecule has 0 radical (unpaired) electrons. The van der Waals surface area contributed by atoms with Crippen molar-refractivity contribution in [1.29, 1.82) is 0 Å². The number of hydrogen-bond donors (Lipinski definition) is 3. The number of rotatable bonds is 3. The van der Waals surface area contributed by atoms with Gasteiger partial charge in [-0.1, -0.05) is 23.9 Å². The normalized spacial score (nSPS) is 17.2. The fraction of sp³-hybridized carbons (Fsp3) is 0.368. The number of nitrogens with one attached hydrogen (secondary N) is 3. The first-order valence-electron chi connectivity index (χ1n) is 8.74. The molecule has 26 heavy (non-hydrogen) atoms. The summed E-state index contributed by atoms with van der Waals surface area (Å²) >= 11 is 1.38. The summed E-state index contributed by atoms with van der Waals surface area (Å²) in [5.41, 5.74) is 1.57. The van der Waals surface area contributed by atoms with Gasteiger partial charge in [-0.15, -0.1) is 0 Å². The van der Waals surface area contributed by atoms with Crippen LogP contribution in [0.1, 0.15) is 18.4 Å². The molecule has 3 nitrogen and oxygen atoms in total. The third-order valence-corrected chi connectivity index (χ3v) is 5.95. The molecule has 2 aromatic rings. The Bertz CT molecular complexity index is 801. The van der Waals surface area contributed by atoms with Gasteiger partial charge in [0.25, 0.3) is 0 Å². The standard InChI is InChI=1S/C19H20F3N3S/c20-19(21,22)13-9-15(24-11-12-5-7-23-8-6-12)18-17(10-13)26-16-4-2-1-3-14(16)25-18/h1-4,9-10,12,23-25H,5-8,11H2. The Labute approximate surface area is 154 Å². The summed E-state index contributed by atoms with van der Waals surface area (Å²) in [5, 5.41) is 9.91. The third-order valence-electron chi connectivity index (χ3n) is 4.84. The first kappa shape index (κ1) is 17.5. The summed E-state index contributed by atoms with van der Waals surface area (Å²) in [6.45, 7) is 2.62. The van der Waals surface area contributed by atoms with E-state index in [0.717, 1.165) is 42.2 Å². The van der Waals surface area contributed by atoms with Gasteiger partial charge in [-0.2, -0.15) is 13.2 Å². The van der Waals surface area contributed by atoms with Crippen molar-refractivity contribution in [2.75, 3.05) is 30.3 Å². The molecule has 0 spiro atoms. The number of anilines is 3. The zero-order valence-electron chi connectivity index (χ0n) is 14.1. The van der Waals surface area contributed by atoms with E-state index in [9.17, 15) is 13.2 Å². The van der Waals surface area contributed by atoms with Crippen LogP contribution in [0, 0.1) is 5.92 Å². The number of benzene rings is 2. The fourth-order valence-corrected chi connectivity index (χ4v) is 4.44. The van der Waals surface area contributed by atoms with Gasteiger partial charge >= 0.3 is 6.18 Å². The topological polar surface area (TPSA) is 36.1 Å². The fourth-order valence-electron chi connectivity index (χ4n) is 3.38. The van der Waals surface area contributed by atoms with Crippen LogP contribution in [0.5, 0.6) is 0 Å². The minimum atomic E-state index is -4.36. The maximum absolute atomic E-state index is 13.4. The molecule has 0 saturated carbocycles. The Balaban J connectivity index is 1.65. The van der Waals surface area contributed by atoms with Gasteiger partial charge in [-0.25, -0.2) is 0 Å². The van der Waals surface area contributed by atoms with Crippen LogP contribution in [-0.4, -0.2) is 19.6 Å². The molecule has 0 amide bonds. The smallest absolute Gasteiger partial charge is 0.383 e. The molecular weight excluding hydrogens is 359 g/mol. The highest BCUT2D eigenvalue weighted by Gasteiger charge is 2.33. The minimum absolute atomic E-state index is 0.477. The molecule has 1 saturated heterocycles. The number of para-hydroxylation sites is 1. The molecule has 3 N–H and O–H groups in total. The largest absolute Gasteiger partial charge is 0.416 e. The lowest BCUT2D eigenvalue weighted by Gasteiger charge is -2.27. The van der Waals surface area contributed by atoms with Gasteiger partial charge in [-0.05, 0) is 56.1 Å². The average Bonchev–Trinajstić information content (AvgIpc) is 2.64. The van der Waals surface area contributed by atoms with E-state index in [0.29, 0.717) is 23.0 Å². The molecule has 0 bridgehead atoms. The van der Waals surface area contributed by atoms with Crippen molar-refractivity contribution in [3.05, 3.63) is 42.0 Å². The Morgan fingerprint density at radius 3 is 2.62 bits per heavy atom. The molecule has 0 aliphatic carbocycles. The predicted octanol–water partition coefficient (Wildman–Crippen LogP) is 5.33. The molecule has 0 atom stereocenters. The lowest BCUT2D eigenvalue weighted by Crippen LogP contribution is -2.31. The summed E-state index contributed by atoms with van der Waals surface area (Å²) in [7, 11) is 0. The first-order chi connectivity index (χ1) is 12.5. The van der Waals surface area contributed by atoms with Crippen LogP contribution in [0.3, 0.4) is 0 Å². The Morgan fingerprint density at radius 2 is 1.85 bits per heavy atom. The van der Waals surface area contributed by atoms with Gasteiger partial charge in [0.1, 0.15) is 0 Å². The lowest BCUT2D eigenvalue weighted by atomic mass is 9.98. The number of halogens is 3. The molecule has 1 fully saturated rings. The van der Waals surface area contributed by atoms with Crippen molar-refractivity contribution in [1.82, 2.24) is 5.32 Å². The molecule has 2 aliphatic rings. The second-order valence-electron chi connectivity index (χ2n) is 6.69. The average molecular weight is 379 g/mol. The van der Waals surface area contributed by atoms with E-state index in [1.165, 1.54) is 23.9 Å². The second-order valence-corrected chi connectivity index (χ2v) is 7.78. The van der Waals surface area contributed by atoms with Gasteiger partial charge in [0.15, 0.2) is 0 Å². The molecule has 138 valence electrons. The van der Waals surface area contributed by atoms with Crippen molar-refractivity contribution in [3.8, 4) is 0 Å². The summed E-state index contributed by atoms with van der Waals surface area (Å²) < 4.78 is 40.1. The first-order valence-corrected chi connectivity index (χ1v) is 9.56. The highest BCUT2D eigenvalue weighted by Crippen LogP contribution is 2.49. The monoisotopic (exact) mass is 379 g/mol. The van der Waals surface area contributed by atoms with E-state index >= 15 is 0 Å². The molecule has 2 aliphatic heterocycles. The van der Waals surface area contributed by atoms with Crippen LogP contribution >= 0.6 is 11.8 Å². The summed E-state index contributed by atoms with van der Waals surface area (Å²) in [4.78, 5) is 1.54. The Kier molecular flexibility index (Phi) is 4.75. The Hall–Kier alpha value is -1.86. The molecule has 0 unspecified atom stereocenters. The van der Waals surface area contributed by atoms with Crippen molar-refractivity contribution in [2.24, 2.45) is 5.92 Å². The van der Waals surface area contributed by atoms with Crippen molar-refractivity contribution in [3.63, 3.8) is 0 Å². The quantitative estimate of drug-likeness (QED) is 0.575. The molecule has 0 aromatic heterocycles. The summed E-state index contributed by atoms with van der Waals surface area (Å²) in [6, 6.07) is 10.1. The third kappa shape index (κ3) is 3.64. The van der Waals surface area contributed by atoms with Crippen LogP contribution in [-0.2, 0) is 6.18 Å². The number of alkyl halides is 3. The zero-order valence-corrected chi connectivity index (χ0v) is 14.9. The minimum Gasteiger partial charge on any atom is -0.383 e. The van der Waals surface area contributed by atoms with Gasteiger partial charge in [-0.3, -0.25) is 0 Å². The second kappa shape index (κ2) is 7.04. The number of hydrogen-bond acceptors (Lipinski definition) is 4. The maximum atomic E-state index is 13.4. The molecule has 2 heterocycles. The molecule has 7 heteroatoms. The van der Waals surface area contributed by atoms with Crippen molar-refractivity contribution in [2.45, 2.75) is 28.8 Å². The highest BCUT2D eigenvalue weighted by atomic mass is 32.2. The van der Waals surface area contributed by atoms with E-state index in [2.05, 4.69) is 16.0 Å². The molecule has 2 aromatic carbocycles. The van der Waals surface area contributed by atoms with Crippen LogP contribution in [0.15, 0.2) is 46.2 Å². The van der Waals surface area contributed by atoms with Gasteiger partial charge in [0.05, 0.1) is 22.6 Å². The summed E-state index contributed by atoms with van der Waals surface area (Å²) in [6.07, 6.45) is -2.28. The molecular formula is C19H20F3N3S. The molecule has 4 rings (SSSR count). The van der Waals surface area contributed by atoms with Crippen molar-refractivity contribution >= 4 is 28.8 Å². The van der Waals surface area contributed by atoms with E-state index < -0.39 is 11.7 Å². The highest BCUT2D eigenvalue weighted by molar-refractivity contribution is 7.99. The number of fused-ring (bicyclic) bond motifs is 2. The predicted molar refractivity (Wildman–Crippen MR) is 99.4 cm³/mol. The van der Waals surface area contributed by atoms with Gasteiger partial charge in [0.2, 0.25) is 0 Å².